The van der Waals surface area contributed by atoms with Gasteiger partial charge in [0.2, 0.25) is 0 Å². The molecule has 21 heavy (non-hydrogen) atoms. The highest BCUT2D eigenvalue weighted by Crippen LogP contribution is 2.31. The number of rotatable bonds is 5. The van der Waals surface area contributed by atoms with E-state index >= 15 is 0 Å². The largest absolute Gasteiger partial charge is 0.377 e. The van der Waals surface area contributed by atoms with E-state index in [1.165, 1.54) is 12.1 Å². The number of nitro benzene ring substituents is 1. The Balaban J connectivity index is 2.22. The third-order valence-electron chi connectivity index (χ3n) is 3.17. The average molecular weight is 370 g/mol. The lowest BCUT2D eigenvalue weighted by Gasteiger charge is -2.19. The summed E-state index contributed by atoms with van der Waals surface area (Å²) >= 11 is 9.52. The van der Waals surface area contributed by atoms with Gasteiger partial charge < -0.3 is 5.32 Å². The zero-order valence-corrected chi connectivity index (χ0v) is 13.7. The molecule has 0 saturated carbocycles. The van der Waals surface area contributed by atoms with E-state index in [0.717, 1.165) is 16.5 Å². The van der Waals surface area contributed by atoms with Gasteiger partial charge in [0.1, 0.15) is 0 Å². The van der Waals surface area contributed by atoms with Gasteiger partial charge in [-0.1, -0.05) is 46.6 Å². The summed E-state index contributed by atoms with van der Waals surface area (Å²) in [7, 11) is 0. The maximum absolute atomic E-state index is 10.7. The predicted octanol–water partition coefficient (Wildman–Crippen LogP) is 5.57. The molecule has 0 aliphatic rings. The maximum atomic E-state index is 10.7. The van der Waals surface area contributed by atoms with Gasteiger partial charge in [-0.05, 0) is 30.2 Å². The van der Waals surface area contributed by atoms with E-state index in [4.69, 9.17) is 11.6 Å². The van der Waals surface area contributed by atoms with Gasteiger partial charge in [-0.25, -0.2) is 0 Å². The molecule has 0 radical (unpaired) electrons. The molecule has 2 rings (SSSR count). The van der Waals surface area contributed by atoms with Crippen LogP contribution in [0.2, 0.25) is 5.02 Å². The summed E-state index contributed by atoms with van der Waals surface area (Å²) in [6.45, 7) is 2.07. The van der Waals surface area contributed by atoms with Crippen molar-refractivity contribution in [2.75, 3.05) is 5.32 Å². The molecule has 0 aliphatic heterocycles. The first-order valence-electron chi connectivity index (χ1n) is 6.47. The van der Waals surface area contributed by atoms with Gasteiger partial charge in [0.15, 0.2) is 0 Å². The first-order chi connectivity index (χ1) is 10.0. The Morgan fingerprint density at radius 3 is 2.48 bits per heavy atom. The molecule has 1 N–H and O–H groups in total. The lowest BCUT2D eigenvalue weighted by Crippen LogP contribution is -2.10. The van der Waals surface area contributed by atoms with Crippen LogP contribution in [0, 0.1) is 10.1 Å². The van der Waals surface area contributed by atoms with Crippen LogP contribution in [-0.2, 0) is 0 Å². The van der Waals surface area contributed by atoms with E-state index < -0.39 is 4.92 Å². The fourth-order valence-electron chi connectivity index (χ4n) is 2.04. The Morgan fingerprint density at radius 2 is 1.95 bits per heavy atom. The Bertz CT molecular complexity index is 647. The van der Waals surface area contributed by atoms with Crippen molar-refractivity contribution in [3.8, 4) is 0 Å². The van der Waals surface area contributed by atoms with Crippen molar-refractivity contribution in [1.29, 1.82) is 0 Å². The number of non-ortho nitro benzene ring substituents is 1. The molecular weight excluding hydrogens is 356 g/mol. The zero-order valence-electron chi connectivity index (χ0n) is 11.3. The van der Waals surface area contributed by atoms with E-state index in [2.05, 4.69) is 28.2 Å². The van der Waals surface area contributed by atoms with E-state index in [0.29, 0.717) is 10.7 Å². The lowest BCUT2D eigenvalue weighted by molar-refractivity contribution is -0.384. The number of nitrogens with zero attached hydrogens (tertiary/aromatic N) is 1. The van der Waals surface area contributed by atoms with Crippen LogP contribution >= 0.6 is 27.5 Å². The van der Waals surface area contributed by atoms with Crippen molar-refractivity contribution in [2.45, 2.75) is 19.4 Å². The number of benzene rings is 2. The number of hydrogen-bond donors (Lipinski definition) is 1. The molecule has 1 unspecified atom stereocenters. The van der Waals surface area contributed by atoms with Gasteiger partial charge in [0.05, 0.1) is 21.7 Å². The highest BCUT2D eigenvalue weighted by atomic mass is 79.9. The minimum atomic E-state index is -0.457. The van der Waals surface area contributed by atoms with Crippen molar-refractivity contribution in [1.82, 2.24) is 0 Å². The Kier molecular flexibility index (Phi) is 5.20. The summed E-state index contributed by atoms with van der Waals surface area (Å²) in [5.74, 6) is 0. The second-order valence-corrected chi connectivity index (χ2v) is 5.90. The first-order valence-corrected chi connectivity index (χ1v) is 7.64. The van der Waals surface area contributed by atoms with E-state index in [1.54, 1.807) is 6.07 Å². The molecule has 110 valence electrons. The highest BCUT2D eigenvalue weighted by Gasteiger charge is 2.13. The summed E-state index contributed by atoms with van der Waals surface area (Å²) in [5, 5.41) is 14.4. The minimum absolute atomic E-state index is 0.0118. The Labute approximate surface area is 136 Å². The molecule has 4 nitrogen and oxygen atoms in total. The van der Waals surface area contributed by atoms with Crippen LogP contribution < -0.4 is 5.32 Å². The normalized spacial score (nSPS) is 12.0. The number of nitro groups is 1. The number of halogens is 2. The third kappa shape index (κ3) is 3.95. The standard InChI is InChI=1S/C15H14BrClN2O2/c1-2-14(10-3-5-11(16)6-4-10)18-15-8-7-12(19(20)21)9-13(15)17/h3-9,14,18H,2H2,1H3. The first kappa shape index (κ1) is 15.8. The van der Waals surface area contributed by atoms with E-state index in [1.807, 2.05) is 24.3 Å². The van der Waals surface area contributed by atoms with Crippen molar-refractivity contribution in [2.24, 2.45) is 0 Å². The number of hydrogen-bond acceptors (Lipinski definition) is 3. The van der Waals surface area contributed by atoms with Gasteiger partial charge in [0, 0.05) is 16.6 Å². The van der Waals surface area contributed by atoms with Gasteiger partial charge >= 0.3 is 0 Å². The molecular formula is C15H14BrClN2O2. The van der Waals surface area contributed by atoms with Crippen molar-refractivity contribution < 1.29 is 4.92 Å². The zero-order chi connectivity index (χ0) is 15.4. The minimum Gasteiger partial charge on any atom is -0.377 e. The van der Waals surface area contributed by atoms with Gasteiger partial charge in [0.25, 0.3) is 5.69 Å². The molecule has 0 bridgehead atoms. The number of anilines is 1. The molecule has 0 saturated heterocycles. The fourth-order valence-corrected chi connectivity index (χ4v) is 2.53. The molecule has 2 aromatic rings. The second-order valence-electron chi connectivity index (χ2n) is 4.58. The Hall–Kier alpha value is -1.59. The second kappa shape index (κ2) is 6.91. The fraction of sp³-hybridized carbons (Fsp3) is 0.200. The highest BCUT2D eigenvalue weighted by molar-refractivity contribution is 9.10. The summed E-state index contributed by atoms with van der Waals surface area (Å²) in [5.41, 5.74) is 1.81. The lowest BCUT2D eigenvalue weighted by atomic mass is 10.0. The summed E-state index contributed by atoms with van der Waals surface area (Å²) in [4.78, 5) is 10.3. The van der Waals surface area contributed by atoms with Gasteiger partial charge in [-0.3, -0.25) is 10.1 Å². The number of nitrogens with one attached hydrogen (secondary N) is 1. The van der Waals surface area contributed by atoms with Crippen molar-refractivity contribution >= 4 is 38.9 Å². The van der Waals surface area contributed by atoms with Crippen molar-refractivity contribution in [3.63, 3.8) is 0 Å². The molecule has 6 heteroatoms. The van der Waals surface area contributed by atoms with E-state index in [9.17, 15) is 10.1 Å². The van der Waals surface area contributed by atoms with Crippen molar-refractivity contribution in [3.05, 3.63) is 67.6 Å². The molecule has 0 aromatic heterocycles. The summed E-state index contributed by atoms with van der Waals surface area (Å²) < 4.78 is 1.02. The molecule has 0 spiro atoms. The summed E-state index contributed by atoms with van der Waals surface area (Å²) in [6, 6.07) is 12.6. The average Bonchev–Trinajstić information content (AvgIpc) is 2.47. The van der Waals surface area contributed by atoms with Crippen LogP contribution in [0.3, 0.4) is 0 Å². The monoisotopic (exact) mass is 368 g/mol. The van der Waals surface area contributed by atoms with Crippen LogP contribution in [0.15, 0.2) is 46.9 Å². The van der Waals surface area contributed by atoms with E-state index in [-0.39, 0.29) is 11.7 Å². The molecule has 0 heterocycles. The maximum Gasteiger partial charge on any atom is 0.271 e. The van der Waals surface area contributed by atoms with Gasteiger partial charge in [-0.2, -0.15) is 0 Å². The van der Waals surface area contributed by atoms with Gasteiger partial charge in [-0.15, -0.1) is 0 Å². The smallest absolute Gasteiger partial charge is 0.271 e. The molecule has 0 aliphatic carbocycles. The third-order valence-corrected chi connectivity index (χ3v) is 4.02. The van der Waals surface area contributed by atoms with Crippen LogP contribution in [0.5, 0.6) is 0 Å². The summed E-state index contributed by atoms with van der Waals surface area (Å²) in [6.07, 6.45) is 0.870. The molecule has 0 fully saturated rings. The molecule has 1 atom stereocenters. The SMILES string of the molecule is CCC(Nc1ccc([N+](=O)[O-])cc1Cl)c1ccc(Br)cc1. The quantitative estimate of drug-likeness (QED) is 0.553. The van der Waals surface area contributed by atoms with Crippen LogP contribution in [0.1, 0.15) is 24.9 Å². The topological polar surface area (TPSA) is 55.2 Å². The van der Waals surface area contributed by atoms with Crippen LogP contribution in [0.4, 0.5) is 11.4 Å². The molecule has 2 aromatic carbocycles. The Morgan fingerprint density at radius 1 is 1.29 bits per heavy atom. The van der Waals surface area contributed by atoms with Crippen LogP contribution in [0.25, 0.3) is 0 Å². The molecule has 0 amide bonds. The van der Waals surface area contributed by atoms with Crippen LogP contribution in [-0.4, -0.2) is 4.92 Å². The predicted molar refractivity (Wildman–Crippen MR) is 88.9 cm³/mol.